The quantitative estimate of drug-likeness (QED) is 0.456. The molecule has 0 unspecified atom stereocenters. The fourth-order valence-corrected chi connectivity index (χ4v) is 3.95. The standard InChI is InChI=1S/C27H23N3O4/c1-29-26(31)22-12-6-5-11-21(22)25(28-29)27(32)30(15-7-10-19-8-3-2-4-9-19)20-13-14-23-24(18-20)34-17-16-33-23/h2-14,18H,15-17H2,1H3. The van der Waals surface area contributed by atoms with Crippen molar-refractivity contribution in [3.8, 4) is 11.5 Å². The van der Waals surface area contributed by atoms with E-state index >= 15 is 0 Å². The first-order chi connectivity index (χ1) is 16.6. The van der Waals surface area contributed by atoms with E-state index in [9.17, 15) is 9.59 Å². The highest BCUT2D eigenvalue weighted by molar-refractivity contribution is 6.12. The highest BCUT2D eigenvalue weighted by Crippen LogP contribution is 2.34. The van der Waals surface area contributed by atoms with Gasteiger partial charge in [-0.2, -0.15) is 5.10 Å². The van der Waals surface area contributed by atoms with Gasteiger partial charge in [-0.05, 0) is 23.8 Å². The van der Waals surface area contributed by atoms with E-state index < -0.39 is 0 Å². The van der Waals surface area contributed by atoms with Gasteiger partial charge >= 0.3 is 0 Å². The molecular formula is C27H23N3O4. The molecule has 1 amide bonds. The van der Waals surface area contributed by atoms with E-state index in [0.29, 0.717) is 47.7 Å². The number of hydrogen-bond acceptors (Lipinski definition) is 5. The number of ether oxygens (including phenoxy) is 2. The lowest BCUT2D eigenvalue weighted by molar-refractivity contribution is 0.0984. The molecular weight excluding hydrogens is 430 g/mol. The third-order valence-corrected chi connectivity index (χ3v) is 5.64. The summed E-state index contributed by atoms with van der Waals surface area (Å²) in [7, 11) is 1.55. The Labute approximate surface area is 196 Å². The van der Waals surface area contributed by atoms with Gasteiger partial charge in [-0.25, -0.2) is 4.68 Å². The van der Waals surface area contributed by atoms with Gasteiger partial charge in [0.25, 0.3) is 11.5 Å². The summed E-state index contributed by atoms with van der Waals surface area (Å²) >= 11 is 0. The van der Waals surface area contributed by atoms with E-state index in [1.54, 1.807) is 48.3 Å². The van der Waals surface area contributed by atoms with Crippen LogP contribution in [0, 0.1) is 0 Å². The Kier molecular flexibility index (Phi) is 5.82. The zero-order valence-electron chi connectivity index (χ0n) is 18.7. The molecule has 0 bridgehead atoms. The van der Waals surface area contributed by atoms with Crippen molar-refractivity contribution in [2.75, 3.05) is 24.7 Å². The van der Waals surface area contributed by atoms with Crippen LogP contribution in [-0.4, -0.2) is 35.4 Å². The van der Waals surface area contributed by atoms with Crippen molar-refractivity contribution in [1.82, 2.24) is 9.78 Å². The number of amides is 1. The van der Waals surface area contributed by atoms with Crippen LogP contribution in [0.1, 0.15) is 16.1 Å². The van der Waals surface area contributed by atoms with Gasteiger partial charge in [0.1, 0.15) is 13.2 Å². The molecule has 2 heterocycles. The predicted octanol–water partition coefficient (Wildman–Crippen LogP) is 4.06. The molecule has 0 radical (unpaired) electrons. The van der Waals surface area contributed by atoms with Crippen molar-refractivity contribution in [3.63, 3.8) is 0 Å². The second-order valence-corrected chi connectivity index (χ2v) is 7.88. The van der Waals surface area contributed by atoms with Gasteiger partial charge in [0.15, 0.2) is 17.2 Å². The van der Waals surface area contributed by atoms with Gasteiger partial charge in [0.05, 0.1) is 5.39 Å². The van der Waals surface area contributed by atoms with Crippen molar-refractivity contribution < 1.29 is 14.3 Å². The van der Waals surface area contributed by atoms with Crippen molar-refractivity contribution in [1.29, 1.82) is 0 Å². The van der Waals surface area contributed by atoms with E-state index in [2.05, 4.69) is 5.10 Å². The fraction of sp³-hybridized carbons (Fsp3) is 0.148. The third kappa shape index (κ3) is 4.15. The third-order valence-electron chi connectivity index (χ3n) is 5.64. The van der Waals surface area contributed by atoms with Crippen LogP contribution in [0.2, 0.25) is 0 Å². The molecule has 7 nitrogen and oxygen atoms in total. The molecule has 0 saturated heterocycles. The van der Waals surface area contributed by atoms with Gasteiger partial charge < -0.3 is 14.4 Å². The smallest absolute Gasteiger partial charge is 0.279 e. The zero-order chi connectivity index (χ0) is 23.5. The van der Waals surface area contributed by atoms with Crippen LogP contribution in [0.3, 0.4) is 0 Å². The lowest BCUT2D eigenvalue weighted by atomic mass is 10.1. The molecule has 0 fully saturated rings. The van der Waals surface area contributed by atoms with Crippen LogP contribution in [0.15, 0.2) is 83.7 Å². The molecule has 1 aliphatic heterocycles. The van der Waals surface area contributed by atoms with E-state index in [4.69, 9.17) is 9.47 Å². The molecule has 1 aliphatic rings. The van der Waals surface area contributed by atoms with E-state index in [1.807, 2.05) is 48.6 Å². The molecule has 5 rings (SSSR count). The largest absolute Gasteiger partial charge is 0.486 e. The first-order valence-corrected chi connectivity index (χ1v) is 11.0. The van der Waals surface area contributed by atoms with Crippen LogP contribution >= 0.6 is 0 Å². The Balaban J connectivity index is 1.57. The number of rotatable bonds is 5. The Morgan fingerprint density at radius 1 is 0.971 bits per heavy atom. The van der Waals surface area contributed by atoms with Gasteiger partial charge in [-0.3, -0.25) is 9.59 Å². The Morgan fingerprint density at radius 3 is 2.47 bits per heavy atom. The molecule has 0 N–H and O–H groups in total. The van der Waals surface area contributed by atoms with Crippen molar-refractivity contribution in [2.45, 2.75) is 0 Å². The number of aryl methyl sites for hydroxylation is 1. The Morgan fingerprint density at radius 2 is 1.68 bits per heavy atom. The maximum atomic E-state index is 13.9. The minimum Gasteiger partial charge on any atom is -0.486 e. The van der Waals surface area contributed by atoms with Crippen LogP contribution in [0.5, 0.6) is 11.5 Å². The molecule has 3 aromatic carbocycles. The number of anilines is 1. The van der Waals surface area contributed by atoms with Crippen LogP contribution < -0.4 is 19.9 Å². The summed E-state index contributed by atoms with van der Waals surface area (Å²) in [6, 6.07) is 22.3. The summed E-state index contributed by atoms with van der Waals surface area (Å²) in [6.45, 7) is 1.24. The van der Waals surface area contributed by atoms with Crippen LogP contribution in [-0.2, 0) is 7.05 Å². The maximum absolute atomic E-state index is 13.9. The predicted molar refractivity (Wildman–Crippen MR) is 132 cm³/mol. The molecule has 0 atom stereocenters. The number of nitrogens with zero attached hydrogens (tertiary/aromatic N) is 3. The summed E-state index contributed by atoms with van der Waals surface area (Å²) in [5.41, 5.74) is 1.64. The molecule has 1 aromatic heterocycles. The number of benzene rings is 3. The summed E-state index contributed by atoms with van der Waals surface area (Å²) in [5.74, 6) is 0.918. The van der Waals surface area contributed by atoms with Crippen molar-refractivity contribution in [2.24, 2.45) is 7.05 Å². The first kappa shape index (κ1) is 21.5. The summed E-state index contributed by atoms with van der Waals surface area (Å²) in [5, 5.41) is 5.30. The van der Waals surface area contributed by atoms with Crippen LogP contribution in [0.4, 0.5) is 5.69 Å². The normalized spacial score (nSPS) is 12.7. The fourth-order valence-electron chi connectivity index (χ4n) is 3.95. The number of carbonyl (C=O) groups excluding carboxylic acids is 1. The monoisotopic (exact) mass is 453 g/mol. The molecule has 170 valence electrons. The van der Waals surface area contributed by atoms with Gasteiger partial charge in [-0.15, -0.1) is 0 Å². The maximum Gasteiger partial charge on any atom is 0.279 e. The SMILES string of the molecule is Cn1nc(C(=O)N(CC=Cc2ccccc2)c2ccc3c(c2)OCCO3)c2ccccc2c1=O. The average Bonchev–Trinajstić information content (AvgIpc) is 2.89. The first-order valence-electron chi connectivity index (χ1n) is 11.0. The van der Waals surface area contributed by atoms with Gasteiger partial charge in [0.2, 0.25) is 0 Å². The van der Waals surface area contributed by atoms with E-state index in [0.717, 1.165) is 5.56 Å². The number of fused-ring (bicyclic) bond motifs is 2. The number of hydrogen-bond donors (Lipinski definition) is 0. The van der Waals surface area contributed by atoms with Gasteiger partial charge in [0, 0.05) is 30.7 Å². The molecule has 0 spiro atoms. The highest BCUT2D eigenvalue weighted by Gasteiger charge is 2.24. The summed E-state index contributed by atoms with van der Waals surface area (Å²) in [6.07, 6.45) is 3.89. The van der Waals surface area contributed by atoms with Gasteiger partial charge in [-0.1, -0.05) is 60.7 Å². The minimum absolute atomic E-state index is 0.209. The summed E-state index contributed by atoms with van der Waals surface area (Å²) in [4.78, 5) is 28.1. The molecule has 4 aromatic rings. The molecule has 34 heavy (non-hydrogen) atoms. The average molecular weight is 453 g/mol. The minimum atomic E-state index is -0.318. The van der Waals surface area contributed by atoms with E-state index in [-0.39, 0.29) is 17.2 Å². The second kappa shape index (κ2) is 9.23. The van der Waals surface area contributed by atoms with Crippen LogP contribution in [0.25, 0.3) is 16.8 Å². The molecule has 0 saturated carbocycles. The van der Waals surface area contributed by atoms with Crippen molar-refractivity contribution >= 4 is 28.4 Å². The number of carbonyl (C=O) groups is 1. The molecule has 0 aliphatic carbocycles. The van der Waals surface area contributed by atoms with Crippen molar-refractivity contribution in [3.05, 3.63) is 100 Å². The molecule has 7 heteroatoms. The lowest BCUT2D eigenvalue weighted by Crippen LogP contribution is -2.34. The lowest BCUT2D eigenvalue weighted by Gasteiger charge is -2.25. The zero-order valence-corrected chi connectivity index (χ0v) is 18.7. The van der Waals surface area contributed by atoms with E-state index in [1.165, 1.54) is 4.68 Å². The Hall–Kier alpha value is -4.39. The Bertz CT molecular complexity index is 1440. The summed E-state index contributed by atoms with van der Waals surface area (Å²) < 4.78 is 12.6. The second-order valence-electron chi connectivity index (χ2n) is 7.88. The number of aromatic nitrogens is 2. The highest BCUT2D eigenvalue weighted by atomic mass is 16.6. The topological polar surface area (TPSA) is 73.7 Å².